The van der Waals surface area contributed by atoms with E-state index in [1.54, 1.807) is 6.07 Å². The normalized spacial score (nSPS) is 19.0. The molecule has 4 nitrogen and oxygen atoms in total. The van der Waals surface area contributed by atoms with Crippen LogP contribution in [-0.2, 0) is 6.54 Å². The summed E-state index contributed by atoms with van der Waals surface area (Å²) in [6.45, 7) is 9.03. The van der Waals surface area contributed by atoms with Gasteiger partial charge in [-0.25, -0.2) is 0 Å². The molecule has 2 aromatic rings. The Balaban J connectivity index is 1.75. The van der Waals surface area contributed by atoms with E-state index < -0.39 is 0 Å². The number of phenolic OH excluding ortho intramolecular Hbond substituents is 1. The molecule has 140 valence electrons. The van der Waals surface area contributed by atoms with Crippen molar-refractivity contribution < 1.29 is 10.2 Å². The maximum Gasteiger partial charge on any atom is 0.120 e. The van der Waals surface area contributed by atoms with Crippen molar-refractivity contribution >= 4 is 10.8 Å². The lowest BCUT2D eigenvalue weighted by atomic mass is 10.0. The van der Waals surface area contributed by atoms with Gasteiger partial charge in [0.15, 0.2) is 0 Å². The van der Waals surface area contributed by atoms with Crippen molar-refractivity contribution in [3.63, 3.8) is 0 Å². The Morgan fingerprint density at radius 2 is 1.96 bits per heavy atom. The molecule has 1 atom stereocenters. The van der Waals surface area contributed by atoms with E-state index >= 15 is 0 Å². The predicted octanol–water partition coefficient (Wildman–Crippen LogP) is 3.38. The summed E-state index contributed by atoms with van der Waals surface area (Å²) in [4.78, 5) is 4.86. The molecule has 0 radical (unpaired) electrons. The van der Waals surface area contributed by atoms with Crippen LogP contribution in [0.1, 0.15) is 25.8 Å². The highest BCUT2D eigenvalue weighted by molar-refractivity contribution is 5.87. The summed E-state index contributed by atoms with van der Waals surface area (Å²) in [5, 5.41) is 22.2. The monoisotopic (exact) mass is 354 g/mol. The maximum atomic E-state index is 10.4. The van der Waals surface area contributed by atoms with Gasteiger partial charge in [-0.3, -0.25) is 9.80 Å². The predicted molar refractivity (Wildman–Crippen MR) is 107 cm³/mol. The summed E-state index contributed by atoms with van der Waals surface area (Å²) in [7, 11) is 0. The van der Waals surface area contributed by atoms with Gasteiger partial charge in [0.2, 0.25) is 0 Å². The average Bonchev–Trinajstić information content (AvgIpc) is 2.63. The number of aliphatic hydroxyl groups is 1. The lowest BCUT2D eigenvalue weighted by molar-refractivity contribution is 0.0635. The highest BCUT2D eigenvalue weighted by atomic mass is 16.3. The molecule has 1 aliphatic heterocycles. The summed E-state index contributed by atoms with van der Waals surface area (Å²) in [6, 6.07) is 12.3. The number of aromatic hydroxyl groups is 1. The fraction of sp³-hybridized carbons (Fsp3) is 0.455. The van der Waals surface area contributed by atoms with Crippen LogP contribution in [0.25, 0.3) is 10.8 Å². The third-order valence-electron chi connectivity index (χ3n) is 5.28. The molecule has 1 unspecified atom stereocenters. The second-order valence-electron chi connectivity index (χ2n) is 7.46. The second-order valence-corrected chi connectivity index (χ2v) is 7.46. The molecule has 3 rings (SSSR count). The quantitative estimate of drug-likeness (QED) is 0.781. The fourth-order valence-electron chi connectivity index (χ4n) is 3.78. The summed E-state index contributed by atoms with van der Waals surface area (Å²) >= 11 is 0. The van der Waals surface area contributed by atoms with Crippen LogP contribution in [-0.4, -0.2) is 58.8 Å². The number of nitrogens with zero attached hydrogens (tertiary/aromatic N) is 2. The molecule has 0 aliphatic carbocycles. The number of aliphatic hydroxyl groups excluding tert-OH is 1. The Hall–Kier alpha value is -1.88. The molecule has 0 spiro atoms. The Bertz CT molecular complexity index is 768. The van der Waals surface area contributed by atoms with Crippen LogP contribution >= 0.6 is 0 Å². The van der Waals surface area contributed by atoms with Crippen LogP contribution in [0.3, 0.4) is 0 Å². The lowest BCUT2D eigenvalue weighted by Crippen LogP contribution is -2.53. The van der Waals surface area contributed by atoms with Crippen LogP contribution in [0.4, 0.5) is 0 Å². The highest BCUT2D eigenvalue weighted by Gasteiger charge is 2.26. The van der Waals surface area contributed by atoms with Crippen molar-refractivity contribution in [3.8, 4) is 5.75 Å². The Morgan fingerprint density at radius 1 is 1.15 bits per heavy atom. The van der Waals surface area contributed by atoms with E-state index in [2.05, 4.69) is 41.9 Å². The summed E-state index contributed by atoms with van der Waals surface area (Å²) in [5.74, 6) is 0.370. The molecular formula is C22H30N2O2. The van der Waals surface area contributed by atoms with Crippen molar-refractivity contribution in [3.05, 3.63) is 53.6 Å². The van der Waals surface area contributed by atoms with Crippen LogP contribution in [0, 0.1) is 0 Å². The minimum Gasteiger partial charge on any atom is -0.508 e. The largest absolute Gasteiger partial charge is 0.508 e. The third kappa shape index (κ3) is 4.44. The van der Waals surface area contributed by atoms with Crippen molar-refractivity contribution in [2.45, 2.75) is 32.9 Å². The molecule has 2 N–H and O–H groups in total. The number of phenols is 1. The first-order valence-corrected chi connectivity index (χ1v) is 9.48. The molecule has 1 aliphatic rings. The molecular weight excluding hydrogens is 324 g/mol. The van der Waals surface area contributed by atoms with Gasteiger partial charge in [0.25, 0.3) is 0 Å². The zero-order valence-corrected chi connectivity index (χ0v) is 15.9. The number of piperazine rings is 1. The number of benzene rings is 2. The van der Waals surface area contributed by atoms with Crippen molar-refractivity contribution in [2.75, 3.05) is 32.8 Å². The van der Waals surface area contributed by atoms with E-state index in [1.807, 2.05) is 18.2 Å². The number of fused-ring (bicyclic) bond motifs is 1. The summed E-state index contributed by atoms with van der Waals surface area (Å²) < 4.78 is 0. The van der Waals surface area contributed by atoms with E-state index in [4.69, 9.17) is 0 Å². The van der Waals surface area contributed by atoms with E-state index in [0.29, 0.717) is 11.8 Å². The molecule has 26 heavy (non-hydrogen) atoms. The van der Waals surface area contributed by atoms with Gasteiger partial charge in [-0.1, -0.05) is 42.0 Å². The van der Waals surface area contributed by atoms with Gasteiger partial charge in [-0.15, -0.1) is 0 Å². The molecule has 1 heterocycles. The first-order valence-electron chi connectivity index (χ1n) is 9.48. The number of hydrogen-bond acceptors (Lipinski definition) is 4. The molecule has 4 heteroatoms. The van der Waals surface area contributed by atoms with Gasteiger partial charge in [0, 0.05) is 50.9 Å². The van der Waals surface area contributed by atoms with E-state index in [0.717, 1.165) is 55.5 Å². The third-order valence-corrected chi connectivity index (χ3v) is 5.28. The molecule has 0 saturated carbocycles. The molecule has 1 saturated heterocycles. The topological polar surface area (TPSA) is 46.9 Å². The van der Waals surface area contributed by atoms with E-state index in [-0.39, 0.29) is 6.61 Å². The Labute approximate surface area is 156 Å². The molecule has 0 aromatic heterocycles. The number of allylic oxidation sites excluding steroid dienone is 1. The first kappa shape index (κ1) is 18.9. The van der Waals surface area contributed by atoms with Gasteiger partial charge < -0.3 is 10.2 Å². The molecule has 2 aromatic carbocycles. The van der Waals surface area contributed by atoms with Crippen molar-refractivity contribution in [1.29, 1.82) is 0 Å². The van der Waals surface area contributed by atoms with E-state index in [9.17, 15) is 10.2 Å². The minimum atomic E-state index is 0.212. The number of hydrogen-bond donors (Lipinski definition) is 2. The lowest BCUT2D eigenvalue weighted by Gasteiger charge is -2.41. The van der Waals surface area contributed by atoms with Crippen LogP contribution in [0.5, 0.6) is 5.75 Å². The first-order chi connectivity index (χ1) is 12.6. The SMILES string of the molecule is CC(C)=CCN1CCN(Cc2c(O)ccc3ccccc23)CC1CCO. The van der Waals surface area contributed by atoms with Gasteiger partial charge in [-0.05, 0) is 37.1 Å². The molecule has 1 fully saturated rings. The standard InChI is InChI=1S/C22H30N2O2/c1-17(2)9-11-24-13-12-23(15-19(24)10-14-25)16-21-20-6-4-3-5-18(20)7-8-22(21)26/h3-9,19,25-26H,10-16H2,1-2H3. The minimum absolute atomic E-state index is 0.212. The fourth-order valence-corrected chi connectivity index (χ4v) is 3.78. The van der Waals surface area contributed by atoms with Crippen molar-refractivity contribution in [2.24, 2.45) is 0 Å². The highest BCUT2D eigenvalue weighted by Crippen LogP contribution is 2.29. The molecule has 0 amide bonds. The summed E-state index contributed by atoms with van der Waals surface area (Å²) in [6.07, 6.45) is 3.05. The number of rotatable bonds is 6. The maximum absolute atomic E-state index is 10.4. The van der Waals surface area contributed by atoms with Crippen LogP contribution < -0.4 is 0 Å². The Morgan fingerprint density at radius 3 is 2.73 bits per heavy atom. The van der Waals surface area contributed by atoms with Gasteiger partial charge in [0.05, 0.1) is 0 Å². The van der Waals surface area contributed by atoms with Crippen LogP contribution in [0.15, 0.2) is 48.0 Å². The van der Waals surface area contributed by atoms with Gasteiger partial charge in [0.1, 0.15) is 5.75 Å². The zero-order chi connectivity index (χ0) is 18.5. The zero-order valence-electron chi connectivity index (χ0n) is 15.9. The second kappa shape index (κ2) is 8.67. The Kier molecular flexibility index (Phi) is 6.30. The summed E-state index contributed by atoms with van der Waals surface area (Å²) in [5.41, 5.74) is 2.33. The average molecular weight is 354 g/mol. The van der Waals surface area contributed by atoms with Gasteiger partial charge in [-0.2, -0.15) is 0 Å². The van der Waals surface area contributed by atoms with Crippen LogP contribution in [0.2, 0.25) is 0 Å². The van der Waals surface area contributed by atoms with Gasteiger partial charge >= 0.3 is 0 Å². The van der Waals surface area contributed by atoms with E-state index in [1.165, 1.54) is 5.57 Å². The molecule has 0 bridgehead atoms. The van der Waals surface area contributed by atoms with Crippen molar-refractivity contribution in [1.82, 2.24) is 9.80 Å². The smallest absolute Gasteiger partial charge is 0.120 e.